The fourth-order valence-corrected chi connectivity index (χ4v) is 4.11. The smallest absolute Gasteiger partial charge is 0.131 e. The van der Waals surface area contributed by atoms with Gasteiger partial charge in [-0.05, 0) is 60.2 Å². The minimum atomic E-state index is 0.287. The van der Waals surface area contributed by atoms with Gasteiger partial charge in [0.2, 0.25) is 0 Å². The SMILES string of the molecule is CC(=O)CC1CCCN1c1ccc(Cc2ccc3ccccc3c2)cc1. The lowest BCUT2D eigenvalue weighted by Crippen LogP contribution is -2.30. The zero-order chi connectivity index (χ0) is 17.9. The number of Topliss-reactive ketones (excluding diaryl/α,β-unsaturated/α-hetero) is 1. The number of rotatable bonds is 5. The number of ketones is 1. The Hall–Kier alpha value is -2.61. The lowest BCUT2D eigenvalue weighted by Gasteiger charge is -2.26. The minimum Gasteiger partial charge on any atom is -0.368 e. The minimum absolute atomic E-state index is 0.287. The Labute approximate surface area is 155 Å². The van der Waals surface area contributed by atoms with Crippen molar-refractivity contribution < 1.29 is 4.79 Å². The van der Waals surface area contributed by atoms with E-state index >= 15 is 0 Å². The number of hydrogen-bond donors (Lipinski definition) is 0. The highest BCUT2D eigenvalue weighted by Crippen LogP contribution is 2.28. The summed E-state index contributed by atoms with van der Waals surface area (Å²) >= 11 is 0. The van der Waals surface area contributed by atoms with Crippen LogP contribution in [-0.4, -0.2) is 18.4 Å². The van der Waals surface area contributed by atoms with Crippen LogP contribution in [0.4, 0.5) is 5.69 Å². The summed E-state index contributed by atoms with van der Waals surface area (Å²) in [7, 11) is 0. The van der Waals surface area contributed by atoms with Gasteiger partial charge in [0, 0.05) is 24.7 Å². The molecular formula is C24H25NO. The van der Waals surface area contributed by atoms with E-state index in [9.17, 15) is 4.79 Å². The number of carbonyl (C=O) groups is 1. The predicted octanol–water partition coefficient (Wildman–Crippen LogP) is 5.38. The van der Waals surface area contributed by atoms with Crippen LogP contribution in [0.25, 0.3) is 10.8 Å². The summed E-state index contributed by atoms with van der Waals surface area (Å²) in [6.45, 7) is 2.76. The van der Waals surface area contributed by atoms with E-state index in [2.05, 4.69) is 71.6 Å². The van der Waals surface area contributed by atoms with Crippen LogP contribution in [0.15, 0.2) is 66.7 Å². The molecule has 2 heteroatoms. The van der Waals surface area contributed by atoms with E-state index in [0.717, 1.165) is 19.4 Å². The molecule has 0 radical (unpaired) electrons. The van der Waals surface area contributed by atoms with Crippen molar-refractivity contribution in [3.63, 3.8) is 0 Å². The maximum absolute atomic E-state index is 11.5. The first-order valence-corrected chi connectivity index (χ1v) is 9.52. The van der Waals surface area contributed by atoms with Gasteiger partial charge in [0.05, 0.1) is 0 Å². The molecule has 1 aliphatic rings. The van der Waals surface area contributed by atoms with E-state index in [1.165, 1.54) is 34.0 Å². The van der Waals surface area contributed by atoms with Crippen molar-refractivity contribution in [1.82, 2.24) is 0 Å². The number of nitrogens with zero attached hydrogens (tertiary/aromatic N) is 1. The Kier molecular flexibility index (Phi) is 4.75. The van der Waals surface area contributed by atoms with Crippen LogP contribution >= 0.6 is 0 Å². The van der Waals surface area contributed by atoms with Gasteiger partial charge in [0.25, 0.3) is 0 Å². The molecule has 1 unspecified atom stereocenters. The van der Waals surface area contributed by atoms with Gasteiger partial charge in [-0.15, -0.1) is 0 Å². The molecule has 1 heterocycles. The highest BCUT2D eigenvalue weighted by atomic mass is 16.1. The van der Waals surface area contributed by atoms with E-state index < -0.39 is 0 Å². The van der Waals surface area contributed by atoms with Crippen molar-refractivity contribution in [2.75, 3.05) is 11.4 Å². The standard InChI is InChI=1S/C24H25NO/c1-18(26)15-24-7-4-14-25(24)23-12-9-19(10-13-23)16-20-8-11-21-5-2-3-6-22(21)17-20/h2-3,5-6,8-13,17,24H,4,7,14-16H2,1H3. The van der Waals surface area contributed by atoms with Crippen molar-refractivity contribution >= 4 is 22.2 Å². The Morgan fingerprint density at radius 2 is 1.69 bits per heavy atom. The fraction of sp³-hybridized carbons (Fsp3) is 0.292. The number of carbonyl (C=O) groups excluding carboxylic acids is 1. The topological polar surface area (TPSA) is 20.3 Å². The molecule has 3 aromatic carbocycles. The molecular weight excluding hydrogens is 318 g/mol. The summed E-state index contributed by atoms with van der Waals surface area (Å²) in [6, 6.07) is 24.5. The molecule has 0 amide bonds. The molecule has 0 aromatic heterocycles. The molecule has 132 valence electrons. The number of benzene rings is 3. The zero-order valence-corrected chi connectivity index (χ0v) is 15.3. The van der Waals surface area contributed by atoms with Gasteiger partial charge in [-0.1, -0.05) is 54.6 Å². The van der Waals surface area contributed by atoms with Crippen molar-refractivity contribution in [3.8, 4) is 0 Å². The summed E-state index contributed by atoms with van der Waals surface area (Å²) in [6.07, 6.45) is 3.91. The second-order valence-corrected chi connectivity index (χ2v) is 7.42. The van der Waals surface area contributed by atoms with E-state index in [-0.39, 0.29) is 5.78 Å². The normalized spacial score (nSPS) is 17.0. The molecule has 4 rings (SSSR count). The number of hydrogen-bond acceptors (Lipinski definition) is 2. The second-order valence-electron chi connectivity index (χ2n) is 7.42. The molecule has 3 aromatic rings. The molecule has 1 atom stereocenters. The second kappa shape index (κ2) is 7.33. The van der Waals surface area contributed by atoms with Crippen molar-refractivity contribution in [3.05, 3.63) is 77.9 Å². The first kappa shape index (κ1) is 16.8. The first-order valence-electron chi connectivity index (χ1n) is 9.52. The van der Waals surface area contributed by atoms with Gasteiger partial charge in [-0.3, -0.25) is 4.79 Å². The molecule has 26 heavy (non-hydrogen) atoms. The third-order valence-corrected chi connectivity index (χ3v) is 5.39. The van der Waals surface area contributed by atoms with Gasteiger partial charge in [-0.2, -0.15) is 0 Å². The maximum atomic E-state index is 11.5. The summed E-state index contributed by atoms with van der Waals surface area (Å²) in [5.74, 6) is 0.287. The summed E-state index contributed by atoms with van der Waals surface area (Å²) in [5, 5.41) is 2.59. The summed E-state index contributed by atoms with van der Waals surface area (Å²) in [5.41, 5.74) is 3.91. The van der Waals surface area contributed by atoms with Crippen LogP contribution in [0, 0.1) is 0 Å². The Balaban J connectivity index is 1.49. The summed E-state index contributed by atoms with van der Waals surface area (Å²) < 4.78 is 0. The molecule has 1 saturated heterocycles. The fourth-order valence-electron chi connectivity index (χ4n) is 4.11. The van der Waals surface area contributed by atoms with Crippen molar-refractivity contribution in [1.29, 1.82) is 0 Å². The van der Waals surface area contributed by atoms with E-state index in [0.29, 0.717) is 12.5 Å². The van der Waals surface area contributed by atoms with Gasteiger partial charge in [-0.25, -0.2) is 0 Å². The Morgan fingerprint density at radius 1 is 0.962 bits per heavy atom. The molecule has 0 bridgehead atoms. The van der Waals surface area contributed by atoms with Crippen LogP contribution in [0.3, 0.4) is 0 Å². The third-order valence-electron chi connectivity index (χ3n) is 5.39. The van der Waals surface area contributed by atoms with Crippen LogP contribution < -0.4 is 4.90 Å². The summed E-state index contributed by atoms with van der Waals surface area (Å²) in [4.78, 5) is 13.9. The van der Waals surface area contributed by atoms with Crippen LogP contribution in [0.1, 0.15) is 37.3 Å². The molecule has 1 aliphatic heterocycles. The van der Waals surface area contributed by atoms with E-state index in [1.54, 1.807) is 6.92 Å². The van der Waals surface area contributed by atoms with Crippen molar-refractivity contribution in [2.24, 2.45) is 0 Å². The lowest BCUT2D eigenvalue weighted by molar-refractivity contribution is -0.117. The average Bonchev–Trinajstić information content (AvgIpc) is 3.10. The third kappa shape index (κ3) is 3.65. The molecule has 0 saturated carbocycles. The Morgan fingerprint density at radius 3 is 2.46 bits per heavy atom. The predicted molar refractivity (Wildman–Crippen MR) is 109 cm³/mol. The lowest BCUT2D eigenvalue weighted by atomic mass is 10.0. The average molecular weight is 343 g/mol. The van der Waals surface area contributed by atoms with Gasteiger partial charge < -0.3 is 4.90 Å². The first-order chi connectivity index (χ1) is 12.7. The van der Waals surface area contributed by atoms with Crippen molar-refractivity contribution in [2.45, 2.75) is 38.6 Å². The van der Waals surface area contributed by atoms with Gasteiger partial charge in [0.1, 0.15) is 5.78 Å². The molecule has 1 fully saturated rings. The van der Waals surface area contributed by atoms with E-state index in [1.807, 2.05) is 0 Å². The highest BCUT2D eigenvalue weighted by molar-refractivity contribution is 5.83. The molecule has 0 N–H and O–H groups in total. The molecule has 2 nitrogen and oxygen atoms in total. The monoisotopic (exact) mass is 343 g/mol. The quantitative estimate of drug-likeness (QED) is 0.620. The van der Waals surface area contributed by atoms with Crippen LogP contribution in [-0.2, 0) is 11.2 Å². The molecule has 0 spiro atoms. The Bertz CT molecular complexity index is 913. The van der Waals surface area contributed by atoms with Gasteiger partial charge >= 0.3 is 0 Å². The maximum Gasteiger partial charge on any atom is 0.131 e. The van der Waals surface area contributed by atoms with E-state index in [4.69, 9.17) is 0 Å². The van der Waals surface area contributed by atoms with Crippen LogP contribution in [0.2, 0.25) is 0 Å². The van der Waals surface area contributed by atoms with Gasteiger partial charge in [0.15, 0.2) is 0 Å². The number of anilines is 1. The zero-order valence-electron chi connectivity index (χ0n) is 15.3. The molecule has 0 aliphatic carbocycles. The largest absolute Gasteiger partial charge is 0.368 e. The van der Waals surface area contributed by atoms with Crippen LogP contribution in [0.5, 0.6) is 0 Å². The number of fused-ring (bicyclic) bond motifs is 1. The highest BCUT2D eigenvalue weighted by Gasteiger charge is 2.25.